The van der Waals surface area contributed by atoms with Crippen LogP contribution in [0.5, 0.6) is 0 Å². The number of unbranched alkanes of at least 4 members (excludes halogenated alkanes) is 1. The van der Waals surface area contributed by atoms with Gasteiger partial charge in [-0.1, -0.05) is 13.8 Å². The molecule has 3 heteroatoms. The first-order valence-corrected chi connectivity index (χ1v) is 5.53. The lowest BCUT2D eigenvalue weighted by atomic mass is 9.88. The summed E-state index contributed by atoms with van der Waals surface area (Å²) in [5.41, 5.74) is 0. The summed E-state index contributed by atoms with van der Waals surface area (Å²) in [6.07, 6.45) is 2.16. The van der Waals surface area contributed by atoms with Crippen molar-refractivity contribution in [1.29, 1.82) is 0 Å². The lowest BCUT2D eigenvalue weighted by Gasteiger charge is -2.41. The number of aliphatic carboxylic acids is 1. The Balaban J connectivity index is 1.93. The van der Waals surface area contributed by atoms with Gasteiger partial charge in [-0.3, -0.25) is 4.79 Å². The number of hydrogen-bond acceptors (Lipinski definition) is 2. The average Bonchev–Trinajstić information content (AvgIpc) is 1.98. The fraction of sp³-hybridized carbons (Fsp3) is 0.909. The van der Waals surface area contributed by atoms with Gasteiger partial charge in [0.25, 0.3) is 0 Å². The van der Waals surface area contributed by atoms with E-state index in [2.05, 4.69) is 18.7 Å². The van der Waals surface area contributed by atoms with Gasteiger partial charge in [0.15, 0.2) is 0 Å². The first kappa shape index (κ1) is 11.5. The predicted molar refractivity (Wildman–Crippen MR) is 56.3 cm³/mol. The quantitative estimate of drug-likeness (QED) is 0.663. The predicted octanol–water partition coefficient (Wildman–Crippen LogP) is 1.83. The number of carboxylic acid groups (broad SMARTS) is 1. The molecule has 1 saturated heterocycles. The fourth-order valence-electron chi connectivity index (χ4n) is 1.83. The van der Waals surface area contributed by atoms with E-state index in [0.717, 1.165) is 31.2 Å². The van der Waals surface area contributed by atoms with Crippen LogP contribution in [0.15, 0.2) is 0 Å². The van der Waals surface area contributed by atoms with Crippen LogP contribution in [0.4, 0.5) is 0 Å². The summed E-state index contributed by atoms with van der Waals surface area (Å²) in [7, 11) is 0. The Hall–Kier alpha value is -0.570. The van der Waals surface area contributed by atoms with E-state index in [-0.39, 0.29) is 0 Å². The number of likely N-dealkylation sites (tertiary alicyclic amines) is 1. The van der Waals surface area contributed by atoms with Crippen molar-refractivity contribution in [1.82, 2.24) is 4.90 Å². The van der Waals surface area contributed by atoms with Crippen molar-refractivity contribution >= 4 is 5.97 Å². The van der Waals surface area contributed by atoms with Crippen LogP contribution < -0.4 is 0 Å². The molecule has 1 aliphatic rings. The summed E-state index contributed by atoms with van der Waals surface area (Å²) in [5.74, 6) is 0.994. The molecule has 0 unspecified atom stereocenters. The second-order valence-corrected chi connectivity index (χ2v) is 4.61. The molecule has 0 atom stereocenters. The van der Waals surface area contributed by atoms with E-state index in [0.29, 0.717) is 6.42 Å². The highest BCUT2D eigenvalue weighted by Crippen LogP contribution is 2.23. The molecule has 82 valence electrons. The Labute approximate surface area is 86.1 Å². The highest BCUT2D eigenvalue weighted by molar-refractivity contribution is 5.66. The van der Waals surface area contributed by atoms with Crippen molar-refractivity contribution in [3.8, 4) is 0 Å². The second-order valence-electron chi connectivity index (χ2n) is 4.61. The maximum Gasteiger partial charge on any atom is 0.303 e. The van der Waals surface area contributed by atoms with Gasteiger partial charge in [0.1, 0.15) is 0 Å². The van der Waals surface area contributed by atoms with Crippen LogP contribution in [-0.2, 0) is 4.79 Å². The maximum absolute atomic E-state index is 10.3. The molecular weight excluding hydrogens is 178 g/mol. The average molecular weight is 199 g/mol. The van der Waals surface area contributed by atoms with Gasteiger partial charge in [0, 0.05) is 19.5 Å². The number of carbonyl (C=O) groups is 1. The molecule has 0 radical (unpaired) electrons. The van der Waals surface area contributed by atoms with Gasteiger partial charge in [-0.2, -0.15) is 0 Å². The molecule has 0 aromatic rings. The van der Waals surface area contributed by atoms with Gasteiger partial charge in [-0.05, 0) is 31.2 Å². The minimum atomic E-state index is -0.673. The highest BCUT2D eigenvalue weighted by Gasteiger charge is 2.27. The first-order valence-electron chi connectivity index (χ1n) is 5.53. The van der Waals surface area contributed by atoms with E-state index in [1.807, 2.05) is 0 Å². The first-order chi connectivity index (χ1) is 6.59. The Morgan fingerprint density at radius 1 is 1.43 bits per heavy atom. The zero-order valence-electron chi connectivity index (χ0n) is 9.20. The van der Waals surface area contributed by atoms with Crippen molar-refractivity contribution < 1.29 is 9.90 Å². The van der Waals surface area contributed by atoms with Crippen molar-refractivity contribution in [2.45, 2.75) is 33.1 Å². The van der Waals surface area contributed by atoms with Gasteiger partial charge in [-0.25, -0.2) is 0 Å². The van der Waals surface area contributed by atoms with Gasteiger partial charge in [0.2, 0.25) is 0 Å². The molecule has 1 fully saturated rings. The maximum atomic E-state index is 10.3. The van der Waals surface area contributed by atoms with Crippen LogP contribution in [0.1, 0.15) is 33.1 Å². The zero-order valence-corrected chi connectivity index (χ0v) is 9.20. The third kappa shape index (κ3) is 3.66. The summed E-state index contributed by atoms with van der Waals surface area (Å²) < 4.78 is 0. The van der Waals surface area contributed by atoms with Crippen LogP contribution in [0.3, 0.4) is 0 Å². The largest absolute Gasteiger partial charge is 0.481 e. The lowest BCUT2D eigenvalue weighted by Crippen LogP contribution is -2.49. The van der Waals surface area contributed by atoms with E-state index in [9.17, 15) is 4.79 Å². The normalized spacial score (nSPS) is 18.5. The molecule has 0 saturated carbocycles. The van der Waals surface area contributed by atoms with Gasteiger partial charge >= 0.3 is 5.97 Å². The molecular formula is C11H21NO2. The Morgan fingerprint density at radius 2 is 2.07 bits per heavy atom. The van der Waals surface area contributed by atoms with E-state index in [1.165, 1.54) is 13.1 Å². The Bertz CT molecular complexity index is 186. The number of rotatable bonds is 6. The van der Waals surface area contributed by atoms with Crippen LogP contribution in [0.25, 0.3) is 0 Å². The molecule has 0 spiro atoms. The van der Waals surface area contributed by atoms with Crippen LogP contribution in [0, 0.1) is 11.8 Å². The Morgan fingerprint density at radius 3 is 2.57 bits per heavy atom. The topological polar surface area (TPSA) is 40.5 Å². The third-order valence-corrected chi connectivity index (χ3v) is 3.04. The minimum absolute atomic E-state index is 0.321. The van der Waals surface area contributed by atoms with Crippen molar-refractivity contribution in [2.24, 2.45) is 11.8 Å². The number of hydrogen-bond donors (Lipinski definition) is 1. The summed E-state index contributed by atoms with van der Waals surface area (Å²) >= 11 is 0. The molecule has 0 amide bonds. The molecule has 0 bridgehead atoms. The van der Waals surface area contributed by atoms with Gasteiger partial charge < -0.3 is 10.0 Å². The second kappa shape index (κ2) is 5.35. The molecule has 14 heavy (non-hydrogen) atoms. The standard InChI is InChI=1S/C11H21NO2/c1-9(2)10-7-12(8-10)6-4-3-5-11(13)14/h9-10H,3-8H2,1-2H3,(H,13,14). The molecule has 1 aliphatic heterocycles. The molecule has 1 N–H and O–H groups in total. The summed E-state index contributed by atoms with van der Waals surface area (Å²) in [5, 5.41) is 8.45. The van der Waals surface area contributed by atoms with E-state index >= 15 is 0 Å². The van der Waals surface area contributed by atoms with Crippen molar-refractivity contribution in [2.75, 3.05) is 19.6 Å². The fourth-order valence-corrected chi connectivity index (χ4v) is 1.83. The van der Waals surface area contributed by atoms with Gasteiger partial charge in [-0.15, -0.1) is 0 Å². The summed E-state index contributed by atoms with van der Waals surface area (Å²) in [6.45, 7) is 8.05. The van der Waals surface area contributed by atoms with E-state index in [4.69, 9.17) is 5.11 Å². The van der Waals surface area contributed by atoms with Crippen LogP contribution in [-0.4, -0.2) is 35.6 Å². The summed E-state index contributed by atoms with van der Waals surface area (Å²) in [4.78, 5) is 12.7. The van der Waals surface area contributed by atoms with Crippen molar-refractivity contribution in [3.05, 3.63) is 0 Å². The highest BCUT2D eigenvalue weighted by atomic mass is 16.4. The van der Waals surface area contributed by atoms with E-state index in [1.54, 1.807) is 0 Å². The van der Waals surface area contributed by atoms with Crippen LogP contribution >= 0.6 is 0 Å². The molecule has 1 rings (SSSR count). The lowest BCUT2D eigenvalue weighted by molar-refractivity contribution is -0.137. The Kier molecular flexibility index (Phi) is 4.39. The molecule has 1 heterocycles. The minimum Gasteiger partial charge on any atom is -0.481 e. The number of carboxylic acids is 1. The SMILES string of the molecule is CC(C)C1CN(CCCCC(=O)O)C1. The van der Waals surface area contributed by atoms with Crippen LogP contribution in [0.2, 0.25) is 0 Å². The molecule has 0 aromatic carbocycles. The monoisotopic (exact) mass is 199 g/mol. The van der Waals surface area contributed by atoms with Crippen molar-refractivity contribution in [3.63, 3.8) is 0 Å². The van der Waals surface area contributed by atoms with Gasteiger partial charge in [0.05, 0.1) is 0 Å². The third-order valence-electron chi connectivity index (χ3n) is 3.04. The smallest absolute Gasteiger partial charge is 0.303 e. The molecule has 3 nitrogen and oxygen atoms in total. The molecule has 0 aromatic heterocycles. The number of nitrogens with zero attached hydrogens (tertiary/aromatic N) is 1. The zero-order chi connectivity index (χ0) is 10.6. The summed E-state index contributed by atoms with van der Waals surface area (Å²) in [6, 6.07) is 0. The molecule has 0 aliphatic carbocycles. The van der Waals surface area contributed by atoms with E-state index < -0.39 is 5.97 Å².